The zero-order valence-corrected chi connectivity index (χ0v) is 13.2. The second-order valence-corrected chi connectivity index (χ2v) is 5.64. The Morgan fingerprint density at radius 3 is 2.50 bits per heavy atom. The minimum atomic E-state index is -0.459. The van der Waals surface area contributed by atoms with Crippen molar-refractivity contribution in [3.8, 4) is 0 Å². The Morgan fingerprint density at radius 1 is 1.23 bits per heavy atom. The van der Waals surface area contributed by atoms with E-state index >= 15 is 0 Å². The van der Waals surface area contributed by atoms with Crippen LogP contribution in [-0.2, 0) is 6.54 Å². The predicted molar refractivity (Wildman–Crippen MR) is 87.1 cm³/mol. The van der Waals surface area contributed by atoms with Gasteiger partial charge in [-0.15, -0.1) is 11.8 Å². The molecule has 2 rings (SSSR count). The second-order valence-electron chi connectivity index (χ2n) is 4.79. The van der Waals surface area contributed by atoms with Crippen LogP contribution in [0.3, 0.4) is 0 Å². The number of thioether (sulfide) groups is 1. The molecule has 0 radical (unpaired) electrons. The molecule has 5 nitrogen and oxygen atoms in total. The number of benzene rings is 2. The van der Waals surface area contributed by atoms with E-state index in [9.17, 15) is 14.9 Å². The van der Waals surface area contributed by atoms with E-state index < -0.39 is 4.92 Å². The van der Waals surface area contributed by atoms with Crippen molar-refractivity contribution in [1.82, 2.24) is 4.90 Å². The molecule has 0 N–H and O–H groups in total. The van der Waals surface area contributed by atoms with Gasteiger partial charge in [0.1, 0.15) is 0 Å². The molecule has 2 aromatic carbocycles. The first-order valence-corrected chi connectivity index (χ1v) is 7.87. The van der Waals surface area contributed by atoms with E-state index in [1.165, 1.54) is 17.8 Å². The van der Waals surface area contributed by atoms with Crippen molar-refractivity contribution in [3.05, 3.63) is 69.8 Å². The maximum atomic E-state index is 12.4. The van der Waals surface area contributed by atoms with Crippen molar-refractivity contribution in [2.75, 3.05) is 13.3 Å². The fourth-order valence-corrected chi connectivity index (χ4v) is 2.66. The Kier molecular flexibility index (Phi) is 5.16. The van der Waals surface area contributed by atoms with Gasteiger partial charge < -0.3 is 4.90 Å². The molecule has 0 unspecified atom stereocenters. The number of nitrogens with zero attached hydrogens (tertiary/aromatic N) is 2. The lowest BCUT2D eigenvalue weighted by molar-refractivity contribution is -0.387. The summed E-state index contributed by atoms with van der Waals surface area (Å²) in [6.07, 6.45) is 1.77. The van der Waals surface area contributed by atoms with Crippen molar-refractivity contribution < 1.29 is 9.72 Å². The largest absolute Gasteiger partial charge is 0.337 e. The highest BCUT2D eigenvalue weighted by molar-refractivity contribution is 7.98. The fourth-order valence-electron chi connectivity index (χ4n) is 2.12. The molecule has 0 bridgehead atoms. The van der Waals surface area contributed by atoms with E-state index in [-0.39, 0.29) is 11.6 Å². The number of hydrogen-bond acceptors (Lipinski definition) is 4. The molecule has 0 saturated heterocycles. The van der Waals surface area contributed by atoms with Crippen LogP contribution in [0, 0.1) is 10.1 Å². The third-order valence-electron chi connectivity index (χ3n) is 3.23. The first-order chi connectivity index (χ1) is 10.5. The Bertz CT molecular complexity index is 689. The molecule has 0 aliphatic rings. The Hall–Kier alpha value is -2.34. The standard InChI is InChI=1S/C16H16N2O3S/c1-17(11-12-6-4-3-5-7-12)16(19)13-8-9-15(22-2)14(10-13)18(20)21/h3-10H,11H2,1-2H3. The highest BCUT2D eigenvalue weighted by Crippen LogP contribution is 2.28. The molecule has 22 heavy (non-hydrogen) atoms. The molecule has 0 heterocycles. The summed E-state index contributed by atoms with van der Waals surface area (Å²) in [5.41, 5.74) is 1.29. The normalized spacial score (nSPS) is 10.3. The van der Waals surface area contributed by atoms with Crippen LogP contribution in [0.15, 0.2) is 53.4 Å². The molecule has 0 spiro atoms. The van der Waals surface area contributed by atoms with Gasteiger partial charge in [-0.25, -0.2) is 0 Å². The molecule has 2 aromatic rings. The van der Waals surface area contributed by atoms with E-state index in [2.05, 4.69) is 0 Å². The van der Waals surface area contributed by atoms with E-state index in [0.717, 1.165) is 5.56 Å². The molecule has 0 saturated carbocycles. The number of rotatable bonds is 5. The van der Waals surface area contributed by atoms with Crippen LogP contribution in [0.4, 0.5) is 5.69 Å². The van der Waals surface area contributed by atoms with Crippen LogP contribution in [0.2, 0.25) is 0 Å². The first-order valence-electron chi connectivity index (χ1n) is 6.64. The Labute approximate surface area is 133 Å². The number of amides is 1. The van der Waals surface area contributed by atoms with E-state index in [0.29, 0.717) is 17.0 Å². The van der Waals surface area contributed by atoms with Crippen molar-refractivity contribution >= 4 is 23.4 Å². The molecular weight excluding hydrogens is 300 g/mol. The molecule has 114 valence electrons. The summed E-state index contributed by atoms with van der Waals surface area (Å²) in [5.74, 6) is -0.236. The number of nitro benzene ring substituents is 1. The summed E-state index contributed by atoms with van der Waals surface area (Å²) < 4.78 is 0. The topological polar surface area (TPSA) is 63.5 Å². The number of nitro groups is 1. The van der Waals surface area contributed by atoms with Gasteiger partial charge in [0.2, 0.25) is 0 Å². The summed E-state index contributed by atoms with van der Waals surface area (Å²) >= 11 is 1.29. The lowest BCUT2D eigenvalue weighted by Gasteiger charge is -2.17. The van der Waals surface area contributed by atoms with Crippen molar-refractivity contribution in [3.63, 3.8) is 0 Å². The minimum absolute atomic E-state index is 0.0357. The van der Waals surface area contributed by atoms with E-state index in [1.807, 2.05) is 30.3 Å². The summed E-state index contributed by atoms with van der Waals surface area (Å²) in [5, 5.41) is 11.1. The van der Waals surface area contributed by atoms with Gasteiger partial charge in [-0.3, -0.25) is 14.9 Å². The molecule has 0 aromatic heterocycles. The van der Waals surface area contributed by atoms with Crippen LogP contribution in [-0.4, -0.2) is 29.0 Å². The zero-order chi connectivity index (χ0) is 16.1. The maximum absolute atomic E-state index is 12.4. The minimum Gasteiger partial charge on any atom is -0.337 e. The van der Waals surface area contributed by atoms with E-state index in [1.54, 1.807) is 30.3 Å². The molecule has 0 fully saturated rings. The summed E-state index contributed by atoms with van der Waals surface area (Å²) in [6, 6.07) is 14.2. The average molecular weight is 316 g/mol. The van der Waals surface area contributed by atoms with Crippen LogP contribution >= 0.6 is 11.8 Å². The molecule has 0 atom stereocenters. The van der Waals surface area contributed by atoms with Crippen molar-refractivity contribution in [2.45, 2.75) is 11.4 Å². The van der Waals surface area contributed by atoms with Gasteiger partial charge in [-0.05, 0) is 24.0 Å². The monoisotopic (exact) mass is 316 g/mol. The zero-order valence-electron chi connectivity index (χ0n) is 12.4. The van der Waals surface area contributed by atoms with E-state index in [4.69, 9.17) is 0 Å². The summed E-state index contributed by atoms with van der Waals surface area (Å²) in [6.45, 7) is 0.456. The van der Waals surface area contributed by atoms with Gasteiger partial charge in [0.25, 0.3) is 11.6 Å². The highest BCUT2D eigenvalue weighted by atomic mass is 32.2. The average Bonchev–Trinajstić information content (AvgIpc) is 2.54. The highest BCUT2D eigenvalue weighted by Gasteiger charge is 2.19. The first kappa shape index (κ1) is 16.0. The third kappa shape index (κ3) is 3.65. The lowest BCUT2D eigenvalue weighted by atomic mass is 10.1. The van der Waals surface area contributed by atoms with Gasteiger partial charge in [0.15, 0.2) is 0 Å². The molecule has 0 aliphatic carbocycles. The Morgan fingerprint density at radius 2 is 1.91 bits per heavy atom. The predicted octanol–water partition coefficient (Wildman–Crippen LogP) is 3.59. The second kappa shape index (κ2) is 7.09. The van der Waals surface area contributed by atoms with Gasteiger partial charge >= 0.3 is 0 Å². The van der Waals surface area contributed by atoms with Gasteiger partial charge in [-0.2, -0.15) is 0 Å². The molecule has 0 aliphatic heterocycles. The smallest absolute Gasteiger partial charge is 0.283 e. The van der Waals surface area contributed by atoms with Crippen LogP contribution in [0.25, 0.3) is 0 Å². The van der Waals surface area contributed by atoms with Crippen molar-refractivity contribution in [2.24, 2.45) is 0 Å². The number of carbonyl (C=O) groups is 1. The van der Waals surface area contributed by atoms with Crippen LogP contribution in [0.5, 0.6) is 0 Å². The maximum Gasteiger partial charge on any atom is 0.283 e. The SMILES string of the molecule is CSc1ccc(C(=O)N(C)Cc2ccccc2)cc1[N+](=O)[O-]. The number of carbonyl (C=O) groups excluding carboxylic acids is 1. The van der Waals surface area contributed by atoms with Gasteiger partial charge in [0.05, 0.1) is 9.82 Å². The van der Waals surface area contributed by atoms with Crippen molar-refractivity contribution in [1.29, 1.82) is 0 Å². The fraction of sp³-hybridized carbons (Fsp3) is 0.188. The van der Waals surface area contributed by atoms with Crippen LogP contribution < -0.4 is 0 Å². The van der Waals surface area contributed by atoms with Gasteiger partial charge in [0, 0.05) is 25.2 Å². The number of hydrogen-bond donors (Lipinski definition) is 0. The lowest BCUT2D eigenvalue weighted by Crippen LogP contribution is -2.26. The summed E-state index contributed by atoms with van der Waals surface area (Å²) in [7, 11) is 1.68. The molecule has 6 heteroatoms. The Balaban J connectivity index is 2.22. The molecular formula is C16H16N2O3S. The third-order valence-corrected chi connectivity index (χ3v) is 4.02. The summed E-state index contributed by atoms with van der Waals surface area (Å²) in [4.78, 5) is 25.1. The molecule has 1 amide bonds. The van der Waals surface area contributed by atoms with Crippen LogP contribution in [0.1, 0.15) is 15.9 Å². The van der Waals surface area contributed by atoms with Gasteiger partial charge in [-0.1, -0.05) is 30.3 Å². The quantitative estimate of drug-likeness (QED) is 0.480.